The lowest BCUT2D eigenvalue weighted by atomic mass is 9.99. The molecule has 0 aliphatic rings. The third-order valence-electron chi connectivity index (χ3n) is 2.42. The van der Waals surface area contributed by atoms with Gasteiger partial charge in [0, 0.05) is 11.6 Å². The first-order chi connectivity index (χ1) is 7.97. The Morgan fingerprint density at radius 1 is 1.56 bits per heavy atom. The summed E-state index contributed by atoms with van der Waals surface area (Å²) in [5.41, 5.74) is 6.42. The molecule has 4 N–H and O–H groups in total. The highest BCUT2D eigenvalue weighted by atomic mass is 79.9. The molecule has 0 bridgehead atoms. The van der Waals surface area contributed by atoms with E-state index in [2.05, 4.69) is 22.5 Å². The molecule has 100 valence electrons. The zero-order chi connectivity index (χ0) is 13.0. The number of carboxylic acids is 1. The standard InChI is InChI=1S/C12H14BrNO3.ClH/c1-2-3-4-10(14)8-5-7(12(16)17)6-9(13)11(8)15;/h2,5-6,10,15H,1,3-4,14H2,(H,16,17);1H/t10-;/m1./s1. The quantitative estimate of drug-likeness (QED) is 0.721. The molecule has 0 aliphatic heterocycles. The number of phenolic OH excluding ortho intramolecular Hbond substituents is 1. The topological polar surface area (TPSA) is 83.6 Å². The van der Waals surface area contributed by atoms with Gasteiger partial charge in [0.15, 0.2) is 0 Å². The molecule has 1 aromatic rings. The van der Waals surface area contributed by atoms with Crippen molar-refractivity contribution in [2.75, 3.05) is 0 Å². The summed E-state index contributed by atoms with van der Waals surface area (Å²) in [4.78, 5) is 10.9. The number of halogens is 2. The maximum absolute atomic E-state index is 10.9. The summed E-state index contributed by atoms with van der Waals surface area (Å²) in [6.45, 7) is 3.59. The van der Waals surface area contributed by atoms with Crippen LogP contribution in [0.5, 0.6) is 5.75 Å². The Hall–Kier alpha value is -1.04. The molecule has 0 saturated carbocycles. The fourth-order valence-electron chi connectivity index (χ4n) is 1.48. The number of aromatic hydroxyl groups is 1. The number of benzene rings is 1. The summed E-state index contributed by atoms with van der Waals surface area (Å²) >= 11 is 3.11. The molecule has 0 radical (unpaired) electrons. The average Bonchev–Trinajstić information content (AvgIpc) is 2.29. The van der Waals surface area contributed by atoms with Crippen LogP contribution in [0.3, 0.4) is 0 Å². The summed E-state index contributed by atoms with van der Waals surface area (Å²) in [6, 6.07) is 2.33. The van der Waals surface area contributed by atoms with Gasteiger partial charge in [-0.25, -0.2) is 4.79 Å². The molecule has 0 heterocycles. The van der Waals surface area contributed by atoms with Crippen molar-refractivity contribution in [3.63, 3.8) is 0 Å². The average molecular weight is 337 g/mol. The first-order valence-electron chi connectivity index (χ1n) is 5.09. The van der Waals surface area contributed by atoms with Crippen LogP contribution in [0.1, 0.15) is 34.8 Å². The Labute approximate surface area is 120 Å². The number of carboxylic acid groups (broad SMARTS) is 1. The Kier molecular flexibility index (Phi) is 6.98. The SMILES string of the molecule is C=CCC[C@@H](N)c1cc(C(=O)O)cc(Br)c1O.Cl. The number of nitrogens with two attached hydrogens (primary N) is 1. The Morgan fingerprint density at radius 3 is 2.67 bits per heavy atom. The van der Waals surface area contributed by atoms with Gasteiger partial charge in [0.05, 0.1) is 10.0 Å². The van der Waals surface area contributed by atoms with Crippen LogP contribution in [-0.2, 0) is 0 Å². The van der Waals surface area contributed by atoms with Gasteiger partial charge in [0.25, 0.3) is 0 Å². The first-order valence-corrected chi connectivity index (χ1v) is 5.88. The van der Waals surface area contributed by atoms with E-state index in [1.54, 1.807) is 6.08 Å². The van der Waals surface area contributed by atoms with E-state index in [0.29, 0.717) is 22.9 Å². The number of hydrogen-bond donors (Lipinski definition) is 3. The fraction of sp³-hybridized carbons (Fsp3) is 0.250. The normalized spacial score (nSPS) is 11.4. The molecule has 0 amide bonds. The molecule has 18 heavy (non-hydrogen) atoms. The molecule has 0 fully saturated rings. The van der Waals surface area contributed by atoms with Gasteiger partial charge in [-0.2, -0.15) is 0 Å². The lowest BCUT2D eigenvalue weighted by Gasteiger charge is -2.14. The summed E-state index contributed by atoms with van der Waals surface area (Å²) in [7, 11) is 0. The van der Waals surface area contributed by atoms with Gasteiger partial charge in [-0.1, -0.05) is 6.08 Å². The third kappa shape index (κ3) is 4.01. The predicted molar refractivity (Wildman–Crippen MR) is 76.4 cm³/mol. The predicted octanol–water partition coefficient (Wildman–Crippen LogP) is 3.24. The van der Waals surface area contributed by atoms with Crippen LogP contribution < -0.4 is 5.73 Å². The molecular formula is C12H15BrClNO3. The fourth-order valence-corrected chi connectivity index (χ4v) is 1.95. The summed E-state index contributed by atoms with van der Waals surface area (Å²) in [5.74, 6) is -1.06. The highest BCUT2D eigenvalue weighted by Gasteiger charge is 2.16. The molecule has 1 rings (SSSR count). The van der Waals surface area contributed by atoms with Crippen LogP contribution in [0.4, 0.5) is 0 Å². The van der Waals surface area contributed by atoms with Gasteiger partial charge in [0.2, 0.25) is 0 Å². The minimum absolute atomic E-state index is 0. The lowest BCUT2D eigenvalue weighted by molar-refractivity contribution is 0.0696. The summed E-state index contributed by atoms with van der Waals surface area (Å²) < 4.78 is 0.335. The molecule has 1 atom stereocenters. The van der Waals surface area contributed by atoms with Crippen molar-refractivity contribution in [2.45, 2.75) is 18.9 Å². The molecule has 0 aromatic heterocycles. The second-order valence-electron chi connectivity index (χ2n) is 3.67. The van der Waals surface area contributed by atoms with Gasteiger partial charge in [0.1, 0.15) is 5.75 Å². The van der Waals surface area contributed by atoms with E-state index in [4.69, 9.17) is 10.8 Å². The van der Waals surface area contributed by atoms with Gasteiger partial charge in [-0.3, -0.25) is 0 Å². The zero-order valence-electron chi connectivity index (χ0n) is 9.60. The number of rotatable bonds is 5. The van der Waals surface area contributed by atoms with Crippen LogP contribution in [0.15, 0.2) is 29.3 Å². The highest BCUT2D eigenvalue weighted by Crippen LogP contribution is 2.34. The van der Waals surface area contributed by atoms with Gasteiger partial charge >= 0.3 is 5.97 Å². The van der Waals surface area contributed by atoms with Gasteiger partial charge in [-0.15, -0.1) is 19.0 Å². The van der Waals surface area contributed by atoms with Crippen molar-refractivity contribution in [2.24, 2.45) is 5.73 Å². The van der Waals surface area contributed by atoms with Crippen molar-refractivity contribution < 1.29 is 15.0 Å². The number of carbonyl (C=O) groups is 1. The highest BCUT2D eigenvalue weighted by molar-refractivity contribution is 9.10. The van der Waals surface area contributed by atoms with Crippen LogP contribution >= 0.6 is 28.3 Å². The molecule has 0 saturated heterocycles. The lowest BCUT2D eigenvalue weighted by Crippen LogP contribution is -2.11. The van der Waals surface area contributed by atoms with Crippen LogP contribution in [0.25, 0.3) is 0 Å². The summed E-state index contributed by atoms with van der Waals surface area (Å²) in [5, 5.41) is 18.8. The van der Waals surface area contributed by atoms with Crippen LogP contribution in [-0.4, -0.2) is 16.2 Å². The second-order valence-corrected chi connectivity index (χ2v) is 4.53. The van der Waals surface area contributed by atoms with E-state index < -0.39 is 12.0 Å². The molecule has 1 aromatic carbocycles. The van der Waals surface area contributed by atoms with E-state index in [9.17, 15) is 9.90 Å². The van der Waals surface area contributed by atoms with Crippen LogP contribution in [0.2, 0.25) is 0 Å². The van der Waals surface area contributed by atoms with E-state index in [1.165, 1.54) is 12.1 Å². The van der Waals surface area contributed by atoms with Crippen LogP contribution in [0, 0.1) is 0 Å². The Balaban J connectivity index is 0.00000289. The van der Waals surface area contributed by atoms with Crippen molar-refractivity contribution >= 4 is 34.3 Å². The van der Waals surface area contributed by atoms with Crippen molar-refractivity contribution in [3.8, 4) is 5.75 Å². The molecule has 0 spiro atoms. The van der Waals surface area contributed by atoms with E-state index in [-0.39, 0.29) is 23.7 Å². The molecule has 6 heteroatoms. The van der Waals surface area contributed by atoms with Crippen molar-refractivity contribution in [1.29, 1.82) is 0 Å². The first kappa shape index (κ1) is 17.0. The number of hydrogen-bond acceptors (Lipinski definition) is 3. The van der Waals surface area contributed by atoms with Gasteiger partial charge in [-0.05, 0) is 40.9 Å². The van der Waals surface area contributed by atoms with Crippen molar-refractivity contribution in [1.82, 2.24) is 0 Å². The third-order valence-corrected chi connectivity index (χ3v) is 3.03. The minimum atomic E-state index is -1.05. The molecular weight excluding hydrogens is 321 g/mol. The van der Waals surface area contributed by atoms with Crippen molar-refractivity contribution in [3.05, 3.63) is 40.4 Å². The molecule has 4 nitrogen and oxygen atoms in total. The van der Waals surface area contributed by atoms with E-state index >= 15 is 0 Å². The van der Waals surface area contributed by atoms with E-state index in [1.807, 2.05) is 0 Å². The second kappa shape index (κ2) is 7.41. The number of aromatic carboxylic acids is 1. The minimum Gasteiger partial charge on any atom is -0.506 e. The number of phenols is 1. The zero-order valence-corrected chi connectivity index (χ0v) is 12.0. The maximum atomic E-state index is 10.9. The van der Waals surface area contributed by atoms with Gasteiger partial charge < -0.3 is 15.9 Å². The number of allylic oxidation sites excluding steroid dienone is 1. The smallest absolute Gasteiger partial charge is 0.335 e. The van der Waals surface area contributed by atoms with E-state index in [0.717, 1.165) is 0 Å². The largest absolute Gasteiger partial charge is 0.506 e. The monoisotopic (exact) mass is 335 g/mol. The molecule has 0 unspecified atom stereocenters. The molecule has 0 aliphatic carbocycles. The summed E-state index contributed by atoms with van der Waals surface area (Å²) in [6.07, 6.45) is 3.04. The Bertz CT molecular complexity index is 451. The maximum Gasteiger partial charge on any atom is 0.335 e. The Morgan fingerprint density at radius 2 is 2.17 bits per heavy atom.